The zero-order valence-corrected chi connectivity index (χ0v) is 7.72. The van der Waals surface area contributed by atoms with Crippen LogP contribution in [0.4, 0.5) is 0 Å². The van der Waals surface area contributed by atoms with E-state index in [0.717, 1.165) is 0 Å². The van der Waals surface area contributed by atoms with Gasteiger partial charge in [0.05, 0.1) is 0 Å². The third kappa shape index (κ3) is 5.70. The van der Waals surface area contributed by atoms with Crippen LogP contribution in [0.15, 0.2) is 9.04 Å². The van der Waals surface area contributed by atoms with Gasteiger partial charge in [-0.05, 0) is 11.1 Å². The molecule has 0 spiro atoms. The molecule has 8 nitrogen and oxygen atoms in total. The second-order valence-electron chi connectivity index (χ2n) is 0.790. The van der Waals surface area contributed by atoms with Gasteiger partial charge in [0.2, 0.25) is 0 Å². The van der Waals surface area contributed by atoms with E-state index in [-0.39, 0.29) is 29.6 Å². The van der Waals surface area contributed by atoms with E-state index in [2.05, 4.69) is 9.04 Å². The standard InChI is InChI=1S/N6O2S.Na/c1-3-5-9(7,8)6-4-2;. The molecule has 0 aromatic carbocycles. The fourth-order valence-electron chi connectivity index (χ4n) is 0.109. The van der Waals surface area contributed by atoms with Gasteiger partial charge in [-0.2, -0.15) is 0 Å². The minimum atomic E-state index is -4.27. The van der Waals surface area contributed by atoms with E-state index in [1.807, 2.05) is 9.82 Å². The Kier molecular flexibility index (Phi) is 6.58. The first kappa shape index (κ1) is 12.3. The number of rotatable bonds is 2. The van der Waals surface area contributed by atoms with Gasteiger partial charge < -0.3 is 0 Å². The second-order valence-corrected chi connectivity index (χ2v) is 2.01. The Morgan fingerprint density at radius 3 is 1.60 bits per heavy atom. The van der Waals surface area contributed by atoms with E-state index in [4.69, 9.17) is 11.1 Å². The van der Waals surface area contributed by atoms with Gasteiger partial charge in [-0.3, -0.25) is 0 Å². The maximum atomic E-state index is 9.99. The molecule has 0 amide bonds. The van der Waals surface area contributed by atoms with Crippen molar-refractivity contribution in [3.05, 3.63) is 20.9 Å². The van der Waals surface area contributed by atoms with Crippen molar-refractivity contribution < 1.29 is 8.42 Å². The van der Waals surface area contributed by atoms with Crippen LogP contribution in [0.5, 0.6) is 0 Å². The summed E-state index contributed by atoms with van der Waals surface area (Å²) in [7, 11) is -4.27. The van der Waals surface area contributed by atoms with Crippen molar-refractivity contribution in [2.75, 3.05) is 0 Å². The van der Waals surface area contributed by atoms with E-state index < -0.39 is 10.2 Å². The van der Waals surface area contributed by atoms with Gasteiger partial charge in [-0.15, -0.1) is 0 Å². The second kappa shape index (κ2) is 5.36. The van der Waals surface area contributed by atoms with Crippen molar-refractivity contribution >= 4 is 39.8 Å². The molecule has 0 aliphatic rings. The number of hydrogen-bond acceptors (Lipinski definition) is 2. The summed E-state index contributed by atoms with van der Waals surface area (Å²) in [6.45, 7) is 0. The van der Waals surface area contributed by atoms with Crippen molar-refractivity contribution in [2.45, 2.75) is 0 Å². The molecule has 0 rings (SSSR count). The molecule has 1 radical (unpaired) electrons. The Hall–Kier alpha value is -0.430. The van der Waals surface area contributed by atoms with Crippen molar-refractivity contribution in [2.24, 2.45) is 9.04 Å². The molecule has 0 aliphatic carbocycles. The third-order valence-corrected chi connectivity index (χ3v) is 0.838. The maximum Gasteiger partial charge on any atom is 0.321 e. The van der Waals surface area contributed by atoms with Crippen LogP contribution in [0, 0.1) is 0 Å². The summed E-state index contributed by atoms with van der Waals surface area (Å²) in [5.74, 6) is 0. The van der Waals surface area contributed by atoms with Gasteiger partial charge in [-0.25, -0.2) is 8.42 Å². The zero-order valence-electron chi connectivity index (χ0n) is 4.91. The van der Waals surface area contributed by atoms with E-state index in [0.29, 0.717) is 0 Å². The third-order valence-electron chi connectivity index (χ3n) is 0.279. The summed E-state index contributed by atoms with van der Waals surface area (Å²) >= 11 is 0. The smallest absolute Gasteiger partial charge is 0.213 e. The summed E-state index contributed by atoms with van der Waals surface area (Å²) in [5.41, 5.74) is 15.0. The van der Waals surface area contributed by atoms with Crippen LogP contribution >= 0.6 is 0 Å². The molecule has 0 fully saturated rings. The Morgan fingerprint density at radius 2 is 1.40 bits per heavy atom. The number of azide groups is 1. The molecule has 0 N–H and O–H groups in total. The molecule has 0 bridgehead atoms. The van der Waals surface area contributed by atoms with Gasteiger partial charge >= 0.3 is 10.2 Å². The Labute approximate surface area is 78.0 Å². The first-order chi connectivity index (χ1) is 4.12. The van der Waals surface area contributed by atoms with Crippen LogP contribution < -0.4 is 0 Å². The fraction of sp³-hybridized carbons (Fsp3) is 0. The first-order valence-corrected chi connectivity index (χ1v) is 2.90. The van der Waals surface area contributed by atoms with Gasteiger partial charge in [0.25, 0.3) is 0 Å². The largest absolute Gasteiger partial charge is 0.321 e. The first-order valence-electron chi connectivity index (χ1n) is 1.50. The van der Waals surface area contributed by atoms with E-state index in [9.17, 15) is 8.42 Å². The SMILES string of the molecule is [N-]=[N+]=NS(=O)(=O)N=[N+]=[N-].[Na]. The predicted molar refractivity (Wildman–Crippen MR) is 33.0 cm³/mol. The molecule has 49 valence electrons. The monoisotopic (exact) mass is 171 g/mol. The van der Waals surface area contributed by atoms with Crippen molar-refractivity contribution in [1.82, 2.24) is 0 Å². The Balaban J connectivity index is 0. The Bertz CT molecular complexity index is 253. The predicted octanol–water partition coefficient (Wildman–Crippen LogP) is 0.471. The van der Waals surface area contributed by atoms with Gasteiger partial charge in [0.15, 0.2) is 0 Å². The molecule has 0 aromatic heterocycles. The fourth-order valence-corrected chi connectivity index (χ4v) is 0.326. The summed E-state index contributed by atoms with van der Waals surface area (Å²) in [5, 5.41) is 0. The molecule has 0 unspecified atom stereocenters. The minimum absolute atomic E-state index is 0. The van der Waals surface area contributed by atoms with Crippen LogP contribution in [-0.2, 0) is 10.2 Å². The van der Waals surface area contributed by atoms with E-state index >= 15 is 0 Å². The average molecular weight is 171 g/mol. The average Bonchev–Trinajstić information content (AvgIpc) is 1.64. The molecule has 0 atom stereocenters. The molecule has 10 heavy (non-hydrogen) atoms. The normalized spacial score (nSPS) is 8.00. The Morgan fingerprint density at radius 1 is 1.10 bits per heavy atom. The number of nitrogens with zero attached hydrogens (tertiary/aromatic N) is 6. The van der Waals surface area contributed by atoms with E-state index in [1.165, 1.54) is 0 Å². The molecular weight excluding hydrogens is 171 g/mol. The van der Waals surface area contributed by atoms with Crippen molar-refractivity contribution in [3.63, 3.8) is 0 Å². The molecule has 0 saturated heterocycles. The molecular formula is N6NaO2S. The van der Waals surface area contributed by atoms with Crippen LogP contribution in [0.25, 0.3) is 20.9 Å². The molecule has 0 aliphatic heterocycles. The van der Waals surface area contributed by atoms with Gasteiger partial charge in [-0.1, -0.05) is 0 Å². The van der Waals surface area contributed by atoms with Gasteiger partial charge in [0, 0.05) is 48.4 Å². The van der Waals surface area contributed by atoms with Gasteiger partial charge in [0.1, 0.15) is 0 Å². The number of hydrogen-bond donors (Lipinski definition) is 0. The summed E-state index contributed by atoms with van der Waals surface area (Å²) in [4.78, 5) is 3.80. The van der Waals surface area contributed by atoms with Crippen molar-refractivity contribution in [3.8, 4) is 0 Å². The molecule has 0 aromatic rings. The quantitative estimate of drug-likeness (QED) is 0.258. The van der Waals surface area contributed by atoms with Crippen LogP contribution in [0.3, 0.4) is 0 Å². The zero-order chi connectivity index (χ0) is 7.33. The maximum absolute atomic E-state index is 9.99. The van der Waals surface area contributed by atoms with Crippen LogP contribution in [0.1, 0.15) is 0 Å². The summed E-state index contributed by atoms with van der Waals surface area (Å²) < 4.78 is 24.3. The summed E-state index contributed by atoms with van der Waals surface area (Å²) in [6, 6.07) is 0. The molecule has 0 saturated carbocycles. The van der Waals surface area contributed by atoms with Crippen LogP contribution in [0.2, 0.25) is 0 Å². The minimum Gasteiger partial charge on any atom is -0.213 e. The van der Waals surface area contributed by atoms with Crippen LogP contribution in [-0.4, -0.2) is 38.0 Å². The molecule has 10 heteroatoms. The van der Waals surface area contributed by atoms with E-state index in [1.54, 1.807) is 0 Å². The topological polar surface area (TPSA) is 132 Å². The summed E-state index contributed by atoms with van der Waals surface area (Å²) in [6.07, 6.45) is 0. The molecule has 0 heterocycles. The van der Waals surface area contributed by atoms with Crippen molar-refractivity contribution in [1.29, 1.82) is 0 Å².